The fraction of sp³-hybridized carbons (Fsp3) is 0.200. The first-order chi connectivity index (χ1) is 9.85. The monoisotopic (exact) mass is 369 g/mol. The predicted molar refractivity (Wildman–Crippen MR) is 87.4 cm³/mol. The average molecular weight is 370 g/mol. The molecule has 0 heterocycles. The average Bonchev–Trinajstić information content (AvgIpc) is 2.43. The van der Waals surface area contributed by atoms with E-state index in [0.717, 1.165) is 11.1 Å². The van der Waals surface area contributed by atoms with Crippen LogP contribution in [0.25, 0.3) is 0 Å². The second-order valence-corrected chi connectivity index (χ2v) is 7.18. The van der Waals surface area contributed by atoms with Gasteiger partial charge in [0.1, 0.15) is 10.6 Å². The zero-order valence-corrected chi connectivity index (χ0v) is 14.4. The minimum atomic E-state index is -3.72. The van der Waals surface area contributed by atoms with Gasteiger partial charge in [-0.15, -0.1) is 0 Å². The molecule has 6 heteroatoms. The van der Waals surface area contributed by atoms with Gasteiger partial charge in [0.2, 0.25) is 0 Å². The third kappa shape index (κ3) is 3.39. The molecule has 2 aromatic rings. The minimum Gasteiger partial charge on any atom is -0.495 e. The molecule has 0 saturated heterocycles. The lowest BCUT2D eigenvalue weighted by Crippen LogP contribution is -2.15. The highest BCUT2D eigenvalue weighted by atomic mass is 79.9. The lowest BCUT2D eigenvalue weighted by Gasteiger charge is -2.14. The van der Waals surface area contributed by atoms with Gasteiger partial charge >= 0.3 is 0 Å². The number of hydrogen-bond acceptors (Lipinski definition) is 3. The second kappa shape index (κ2) is 6.07. The molecule has 0 spiro atoms. The van der Waals surface area contributed by atoms with Crippen molar-refractivity contribution in [3.05, 3.63) is 52.0 Å². The summed E-state index contributed by atoms with van der Waals surface area (Å²) < 4.78 is 33.7. The number of benzene rings is 2. The molecule has 0 unspecified atom stereocenters. The Kier molecular flexibility index (Phi) is 4.58. The van der Waals surface area contributed by atoms with Gasteiger partial charge < -0.3 is 4.74 Å². The standard InChI is InChI=1S/C15H16BrNO3S/c1-10-6-4-5-7-13(10)17-21(18,19)15-9-12(16)11(2)8-14(15)20-3/h4-9,17H,1-3H3. The zero-order valence-electron chi connectivity index (χ0n) is 12.0. The van der Waals surface area contributed by atoms with E-state index in [-0.39, 0.29) is 4.90 Å². The van der Waals surface area contributed by atoms with Crippen molar-refractivity contribution < 1.29 is 13.2 Å². The molecular formula is C15H16BrNO3S. The first-order valence-electron chi connectivity index (χ1n) is 6.27. The Morgan fingerprint density at radius 2 is 1.76 bits per heavy atom. The molecule has 0 atom stereocenters. The van der Waals surface area contributed by atoms with Crippen molar-refractivity contribution in [2.75, 3.05) is 11.8 Å². The molecule has 21 heavy (non-hydrogen) atoms. The van der Waals surface area contributed by atoms with Crippen molar-refractivity contribution in [2.45, 2.75) is 18.7 Å². The van der Waals surface area contributed by atoms with Crippen molar-refractivity contribution in [2.24, 2.45) is 0 Å². The summed E-state index contributed by atoms with van der Waals surface area (Å²) in [6, 6.07) is 10.5. The van der Waals surface area contributed by atoms with E-state index in [1.807, 2.05) is 26.0 Å². The van der Waals surface area contributed by atoms with Gasteiger partial charge in [-0.25, -0.2) is 8.42 Å². The third-order valence-electron chi connectivity index (χ3n) is 3.12. The molecule has 4 nitrogen and oxygen atoms in total. The van der Waals surface area contributed by atoms with Gasteiger partial charge in [-0.1, -0.05) is 34.1 Å². The molecule has 0 aliphatic rings. The molecule has 0 aromatic heterocycles. The number of anilines is 1. The number of ether oxygens (including phenoxy) is 1. The maximum Gasteiger partial charge on any atom is 0.265 e. The van der Waals surface area contributed by atoms with Crippen molar-refractivity contribution in [1.82, 2.24) is 0 Å². The van der Waals surface area contributed by atoms with E-state index in [0.29, 0.717) is 15.9 Å². The van der Waals surface area contributed by atoms with Gasteiger partial charge in [0.05, 0.1) is 12.8 Å². The summed E-state index contributed by atoms with van der Waals surface area (Å²) in [6.45, 7) is 3.72. The molecule has 2 aromatic carbocycles. The number of halogens is 1. The van der Waals surface area contributed by atoms with Crippen molar-refractivity contribution in [3.8, 4) is 5.75 Å². The van der Waals surface area contributed by atoms with Crippen LogP contribution in [-0.4, -0.2) is 15.5 Å². The zero-order chi connectivity index (χ0) is 15.6. The van der Waals surface area contributed by atoms with Crippen LogP contribution in [-0.2, 0) is 10.0 Å². The molecule has 112 valence electrons. The number of para-hydroxylation sites is 1. The van der Waals surface area contributed by atoms with Crippen LogP contribution in [0.5, 0.6) is 5.75 Å². The summed E-state index contributed by atoms with van der Waals surface area (Å²) in [7, 11) is -2.27. The van der Waals surface area contributed by atoms with E-state index in [4.69, 9.17) is 4.74 Å². The van der Waals surface area contributed by atoms with Gasteiger partial charge in [0.15, 0.2) is 0 Å². The van der Waals surface area contributed by atoms with Crippen LogP contribution in [0.2, 0.25) is 0 Å². The van der Waals surface area contributed by atoms with Gasteiger partial charge in [-0.2, -0.15) is 0 Å². The second-order valence-electron chi connectivity index (χ2n) is 4.67. The molecule has 0 aliphatic heterocycles. The Hall–Kier alpha value is -1.53. The molecule has 0 bridgehead atoms. The maximum atomic E-state index is 12.6. The Morgan fingerprint density at radius 3 is 2.38 bits per heavy atom. The van der Waals surface area contributed by atoms with E-state index >= 15 is 0 Å². The Balaban J connectivity index is 2.50. The van der Waals surface area contributed by atoms with E-state index in [1.54, 1.807) is 24.3 Å². The summed E-state index contributed by atoms with van der Waals surface area (Å²) >= 11 is 3.35. The Bertz CT molecular complexity index is 772. The van der Waals surface area contributed by atoms with Crippen LogP contribution in [0.15, 0.2) is 45.8 Å². The highest BCUT2D eigenvalue weighted by molar-refractivity contribution is 9.10. The van der Waals surface area contributed by atoms with E-state index < -0.39 is 10.0 Å². The topological polar surface area (TPSA) is 55.4 Å². The summed E-state index contributed by atoms with van der Waals surface area (Å²) in [5, 5.41) is 0. The Morgan fingerprint density at radius 1 is 1.10 bits per heavy atom. The van der Waals surface area contributed by atoms with Crippen LogP contribution >= 0.6 is 15.9 Å². The highest BCUT2D eigenvalue weighted by Gasteiger charge is 2.21. The van der Waals surface area contributed by atoms with Gasteiger partial charge in [0, 0.05) is 4.47 Å². The number of rotatable bonds is 4. The molecule has 0 aliphatic carbocycles. The largest absolute Gasteiger partial charge is 0.495 e. The number of nitrogens with one attached hydrogen (secondary N) is 1. The van der Waals surface area contributed by atoms with Crippen LogP contribution in [0, 0.1) is 13.8 Å². The lowest BCUT2D eigenvalue weighted by molar-refractivity contribution is 0.402. The summed E-state index contributed by atoms with van der Waals surface area (Å²) in [4.78, 5) is 0.103. The molecule has 0 radical (unpaired) electrons. The molecule has 0 saturated carbocycles. The van der Waals surface area contributed by atoms with Crippen molar-refractivity contribution >= 4 is 31.6 Å². The Labute approximate surface area is 133 Å². The van der Waals surface area contributed by atoms with Gasteiger partial charge in [0.25, 0.3) is 10.0 Å². The maximum absolute atomic E-state index is 12.6. The minimum absolute atomic E-state index is 0.103. The fourth-order valence-electron chi connectivity index (χ4n) is 1.89. The number of methoxy groups -OCH3 is 1. The smallest absolute Gasteiger partial charge is 0.265 e. The molecular weight excluding hydrogens is 354 g/mol. The van der Waals surface area contributed by atoms with Crippen molar-refractivity contribution in [3.63, 3.8) is 0 Å². The summed E-state index contributed by atoms with van der Waals surface area (Å²) in [6.07, 6.45) is 0. The lowest BCUT2D eigenvalue weighted by atomic mass is 10.2. The van der Waals surface area contributed by atoms with Crippen LogP contribution in [0.3, 0.4) is 0 Å². The van der Waals surface area contributed by atoms with Crippen LogP contribution in [0.4, 0.5) is 5.69 Å². The number of aryl methyl sites for hydroxylation is 2. The number of sulfonamides is 1. The van der Waals surface area contributed by atoms with Crippen LogP contribution < -0.4 is 9.46 Å². The number of hydrogen-bond donors (Lipinski definition) is 1. The fourth-order valence-corrected chi connectivity index (χ4v) is 3.70. The normalized spacial score (nSPS) is 11.2. The summed E-state index contributed by atoms with van der Waals surface area (Å²) in [5.74, 6) is 0.316. The third-order valence-corrected chi connectivity index (χ3v) is 5.36. The molecule has 2 rings (SSSR count). The summed E-state index contributed by atoms with van der Waals surface area (Å²) in [5.41, 5.74) is 2.31. The molecule has 1 N–H and O–H groups in total. The quantitative estimate of drug-likeness (QED) is 0.889. The molecule has 0 amide bonds. The molecule has 0 fully saturated rings. The highest BCUT2D eigenvalue weighted by Crippen LogP contribution is 2.31. The van der Waals surface area contributed by atoms with Gasteiger partial charge in [-0.05, 0) is 43.2 Å². The van der Waals surface area contributed by atoms with E-state index in [2.05, 4.69) is 20.7 Å². The first kappa shape index (κ1) is 15.9. The SMILES string of the molecule is COc1cc(C)c(Br)cc1S(=O)(=O)Nc1ccccc1C. The first-order valence-corrected chi connectivity index (χ1v) is 8.55. The van der Waals surface area contributed by atoms with E-state index in [9.17, 15) is 8.42 Å². The predicted octanol–water partition coefficient (Wildman–Crippen LogP) is 3.88. The van der Waals surface area contributed by atoms with Crippen molar-refractivity contribution in [1.29, 1.82) is 0 Å². The van der Waals surface area contributed by atoms with Crippen LogP contribution in [0.1, 0.15) is 11.1 Å². The van der Waals surface area contributed by atoms with E-state index in [1.165, 1.54) is 7.11 Å². The van der Waals surface area contributed by atoms with Gasteiger partial charge in [-0.3, -0.25) is 4.72 Å².